The molecule has 7 rings (SSSR count). The highest BCUT2D eigenvalue weighted by Crippen LogP contribution is 2.40. The summed E-state index contributed by atoms with van der Waals surface area (Å²) in [5.74, 6) is 2.41. The second-order valence-electron chi connectivity index (χ2n) is 18.1. The number of dihydropyridines is 1. The minimum absolute atomic E-state index is 0.00225. The van der Waals surface area contributed by atoms with Crippen molar-refractivity contribution in [3.63, 3.8) is 0 Å². The molecule has 0 spiro atoms. The Labute approximate surface area is 415 Å². The topological polar surface area (TPSA) is 154 Å². The van der Waals surface area contributed by atoms with Crippen LogP contribution in [0.4, 0.5) is 11.4 Å². The molecule has 2 unspecified atom stereocenters. The number of carbonyl (C=O) groups excluding carboxylic acids is 2. The number of anilines is 1. The van der Waals surface area contributed by atoms with Gasteiger partial charge in [-0.15, -0.1) is 0 Å². The Morgan fingerprint density at radius 3 is 2.23 bits per heavy atom. The zero-order chi connectivity index (χ0) is 48.9. The molecule has 2 aromatic carbocycles. The van der Waals surface area contributed by atoms with Crippen molar-refractivity contribution in [2.24, 2.45) is 4.99 Å². The van der Waals surface area contributed by atoms with E-state index in [0.29, 0.717) is 117 Å². The lowest BCUT2D eigenvalue weighted by atomic mass is 10.1. The molecule has 2 saturated heterocycles. The fraction of sp³-hybridized carbons (Fsp3) is 0.549. The number of carbonyl (C=O) groups is 2. The van der Waals surface area contributed by atoms with Crippen molar-refractivity contribution in [2.45, 2.75) is 63.4 Å². The van der Waals surface area contributed by atoms with Crippen LogP contribution in [0.1, 0.15) is 61.3 Å². The molecule has 69 heavy (non-hydrogen) atoms. The summed E-state index contributed by atoms with van der Waals surface area (Å²) in [5.41, 5.74) is 5.50. The summed E-state index contributed by atoms with van der Waals surface area (Å²) in [5, 5.41) is 7.09. The van der Waals surface area contributed by atoms with Crippen LogP contribution in [0.5, 0.6) is 23.0 Å². The van der Waals surface area contributed by atoms with Gasteiger partial charge in [0.15, 0.2) is 23.0 Å². The first-order chi connectivity index (χ1) is 33.5. The Hall–Kier alpha value is -4.85. The quantitative estimate of drug-likeness (QED) is 0.0588. The maximum Gasteiger partial charge on any atom is 0.257 e. The number of benzene rings is 2. The fourth-order valence-electron chi connectivity index (χ4n) is 9.11. The van der Waals surface area contributed by atoms with Gasteiger partial charge in [-0.3, -0.25) is 19.5 Å². The van der Waals surface area contributed by atoms with Gasteiger partial charge in [0.05, 0.1) is 93.6 Å². The van der Waals surface area contributed by atoms with E-state index in [2.05, 4.69) is 47.8 Å². The zero-order valence-corrected chi connectivity index (χ0v) is 43.1. The van der Waals surface area contributed by atoms with E-state index in [1.807, 2.05) is 58.9 Å². The lowest BCUT2D eigenvalue weighted by Crippen LogP contribution is -2.40. The molecule has 0 aromatic heterocycles. The Bertz CT molecular complexity index is 2280. The number of aliphatic imine (C=N–C) groups is 1. The van der Waals surface area contributed by atoms with Gasteiger partial charge in [-0.05, 0) is 65.0 Å². The van der Waals surface area contributed by atoms with Gasteiger partial charge in [0.2, 0.25) is 0 Å². The number of amides is 2. The normalized spacial score (nSPS) is 20.9. The highest BCUT2D eigenvalue weighted by molar-refractivity contribution is 8.77. The van der Waals surface area contributed by atoms with Gasteiger partial charge in [-0.1, -0.05) is 44.9 Å². The fourth-order valence-corrected chi connectivity index (χ4v) is 11.3. The van der Waals surface area contributed by atoms with Crippen LogP contribution >= 0.6 is 21.6 Å². The van der Waals surface area contributed by atoms with Crippen molar-refractivity contribution < 1.29 is 47.5 Å². The predicted octanol–water partition coefficient (Wildman–Crippen LogP) is 7.15. The van der Waals surface area contributed by atoms with Gasteiger partial charge >= 0.3 is 0 Å². The van der Waals surface area contributed by atoms with Crippen LogP contribution in [-0.2, 0) is 18.9 Å². The van der Waals surface area contributed by atoms with Gasteiger partial charge in [-0.2, -0.15) is 0 Å². The van der Waals surface area contributed by atoms with Crippen LogP contribution in [-0.4, -0.2) is 175 Å². The molecule has 2 N–H and O–H groups in total. The number of rotatable bonds is 25. The number of hydrogen-bond donors (Lipinski definition) is 2. The molecule has 0 aliphatic carbocycles. The summed E-state index contributed by atoms with van der Waals surface area (Å²) in [6.07, 6.45) is 13.7. The lowest BCUT2D eigenvalue weighted by molar-refractivity contribution is 0.0178. The molecule has 5 heterocycles. The highest BCUT2D eigenvalue weighted by atomic mass is 33.1. The lowest BCUT2D eigenvalue weighted by Gasteiger charge is -2.32. The van der Waals surface area contributed by atoms with Crippen LogP contribution in [0, 0.1) is 0 Å². The number of methoxy groups -OCH3 is 3. The average Bonchev–Trinajstić information content (AvgIpc) is 3.92. The maximum absolute atomic E-state index is 13.8. The first-order valence-corrected chi connectivity index (χ1v) is 26.3. The summed E-state index contributed by atoms with van der Waals surface area (Å²) in [7, 11) is 8.42. The minimum atomic E-state index is -0.342. The van der Waals surface area contributed by atoms with Crippen LogP contribution in [0.3, 0.4) is 0 Å². The average molecular weight is 991 g/mol. The first-order valence-electron chi connectivity index (χ1n) is 23.7. The highest BCUT2D eigenvalue weighted by Gasteiger charge is 2.37. The number of nitrogens with zero attached hydrogens (tertiary/aromatic N) is 4. The second-order valence-corrected chi connectivity index (χ2v) is 21.2. The van der Waals surface area contributed by atoms with Crippen molar-refractivity contribution in [2.75, 3.05) is 125 Å². The Morgan fingerprint density at radius 1 is 0.812 bits per heavy atom. The molecular weight excluding hydrogens is 921 g/mol. The summed E-state index contributed by atoms with van der Waals surface area (Å²) in [6, 6.07) is 6.77. The Kier molecular flexibility index (Phi) is 18.7. The third kappa shape index (κ3) is 13.5. The number of nitrogens with one attached hydrogen (secondary N) is 2. The van der Waals surface area contributed by atoms with Gasteiger partial charge < -0.3 is 58.3 Å². The van der Waals surface area contributed by atoms with Gasteiger partial charge in [0, 0.05) is 75.5 Å². The van der Waals surface area contributed by atoms with E-state index in [0.717, 1.165) is 31.6 Å². The molecule has 5 aliphatic rings. The summed E-state index contributed by atoms with van der Waals surface area (Å²) in [6.45, 7) is 16.1. The van der Waals surface area contributed by atoms with Crippen LogP contribution in [0.2, 0.25) is 0 Å². The third-order valence-electron chi connectivity index (χ3n) is 12.7. The van der Waals surface area contributed by atoms with E-state index < -0.39 is 0 Å². The molecule has 16 nitrogen and oxygen atoms in total. The molecule has 376 valence electrons. The smallest absolute Gasteiger partial charge is 0.257 e. The SMILES string of the molecule is C/C=C1\CC2CNc3cc(OCC4C=C(OCCN(CCOCCOCCOC)CC(C)(C)SSC)C=C(COc5cc6c(cc5OC)C(=O)N5C/C(=C/C)C[C@H]5C=N6)N4)c(OC)cc3C(=O)N2C1. The molecule has 3 atom stereocenters. The van der Waals surface area contributed by atoms with Gasteiger partial charge in [0.1, 0.15) is 25.6 Å². The predicted molar refractivity (Wildman–Crippen MR) is 274 cm³/mol. The maximum atomic E-state index is 13.8. The second kappa shape index (κ2) is 24.8. The van der Waals surface area contributed by atoms with E-state index in [1.165, 1.54) is 11.1 Å². The summed E-state index contributed by atoms with van der Waals surface area (Å²) < 4.78 is 47.8. The summed E-state index contributed by atoms with van der Waals surface area (Å²) in [4.78, 5) is 38.5. The van der Waals surface area contributed by atoms with E-state index in [4.69, 9.17) is 42.9 Å². The monoisotopic (exact) mass is 990 g/mol. The van der Waals surface area contributed by atoms with Crippen LogP contribution in [0.25, 0.3) is 0 Å². The molecule has 0 saturated carbocycles. The standard InChI is InChI=1S/C51H70N6O10S2/c1-9-34-19-38-27-52-43-25-47(45(61-6)23-41(43)49(58)56(38)29-34)66-31-36-21-40(65-14-12-55(33-51(3,4)69-68-8)11-13-63-17-18-64-16-15-60-5)22-37(54-36)32-67-48-26-44-42(24-46(48)62-7)50(59)57-30-35(10-2)20-39(57)28-53-44/h9-10,21-27,37-39,53-54H,11-20,28-33H2,1-8H3/b34-9+,35-10+/t37?,38-,39?/m0/s1. The van der Waals surface area contributed by atoms with Crippen molar-refractivity contribution in [3.8, 4) is 23.0 Å². The van der Waals surface area contributed by atoms with Crippen molar-refractivity contribution >= 4 is 51.0 Å². The Morgan fingerprint density at radius 2 is 1.49 bits per heavy atom. The number of fused-ring (bicyclic) bond motifs is 4. The van der Waals surface area contributed by atoms with E-state index in [1.54, 1.807) is 50.3 Å². The zero-order valence-electron chi connectivity index (χ0n) is 41.4. The molecule has 0 radical (unpaired) electrons. The van der Waals surface area contributed by atoms with Gasteiger partial charge in [0.25, 0.3) is 11.8 Å². The number of allylic oxidation sites excluding steroid dienone is 3. The van der Waals surface area contributed by atoms with E-state index in [9.17, 15) is 9.59 Å². The third-order valence-corrected chi connectivity index (χ3v) is 15.3. The molecule has 2 amide bonds. The number of ether oxygens (including phenoxy) is 8. The van der Waals surface area contributed by atoms with Crippen molar-refractivity contribution in [1.29, 1.82) is 0 Å². The van der Waals surface area contributed by atoms with Crippen molar-refractivity contribution in [3.05, 3.63) is 82.3 Å². The molecule has 2 fully saturated rings. The molecule has 2 aromatic rings. The molecular formula is C51H70N6O10S2. The van der Waals surface area contributed by atoms with Crippen LogP contribution < -0.4 is 29.6 Å². The van der Waals surface area contributed by atoms with E-state index >= 15 is 0 Å². The molecule has 5 aliphatic heterocycles. The first kappa shape index (κ1) is 52.0. The largest absolute Gasteiger partial charge is 0.493 e. The summed E-state index contributed by atoms with van der Waals surface area (Å²) >= 11 is 0. The minimum Gasteiger partial charge on any atom is -0.493 e. The molecule has 18 heteroatoms. The van der Waals surface area contributed by atoms with Crippen molar-refractivity contribution in [1.82, 2.24) is 20.0 Å². The van der Waals surface area contributed by atoms with E-state index in [-0.39, 0.29) is 47.9 Å². The van der Waals surface area contributed by atoms with Gasteiger partial charge in [-0.25, -0.2) is 0 Å². The Balaban J connectivity index is 1.07. The van der Waals surface area contributed by atoms with Crippen LogP contribution in [0.15, 0.2) is 76.2 Å². The molecule has 0 bridgehead atoms. The number of hydrogen-bond acceptors (Lipinski definition) is 16.